The van der Waals surface area contributed by atoms with E-state index in [2.05, 4.69) is 10.4 Å². The summed E-state index contributed by atoms with van der Waals surface area (Å²) in [5, 5.41) is 7.89. The topological polar surface area (TPSA) is 56.1 Å². The number of carbonyl (C=O) groups excluding carboxylic acids is 1. The van der Waals surface area contributed by atoms with Crippen molar-refractivity contribution in [3.8, 4) is 11.4 Å². The number of nitrogens with zero attached hydrogens (tertiary/aromatic N) is 2. The first kappa shape index (κ1) is 17.0. The Morgan fingerprint density at radius 2 is 1.88 bits per heavy atom. The standard InChI is InChI=1S/C19H18ClN3O2/c1-12-9-16(18(25-3)11-15(12)20)21-19(24)17-10-13(2)22-23(17)14-7-5-4-6-8-14/h4-11H,1-3H3,(H,21,24). The Morgan fingerprint density at radius 1 is 1.16 bits per heavy atom. The van der Waals surface area contributed by atoms with E-state index in [1.165, 1.54) is 7.11 Å². The molecule has 0 aliphatic carbocycles. The van der Waals surface area contributed by atoms with Gasteiger partial charge in [-0.05, 0) is 43.7 Å². The van der Waals surface area contributed by atoms with Gasteiger partial charge in [-0.1, -0.05) is 29.8 Å². The van der Waals surface area contributed by atoms with Gasteiger partial charge in [-0.15, -0.1) is 0 Å². The van der Waals surface area contributed by atoms with Crippen molar-refractivity contribution in [2.45, 2.75) is 13.8 Å². The smallest absolute Gasteiger partial charge is 0.274 e. The maximum absolute atomic E-state index is 12.8. The molecule has 1 N–H and O–H groups in total. The molecule has 25 heavy (non-hydrogen) atoms. The lowest BCUT2D eigenvalue weighted by Crippen LogP contribution is -2.17. The van der Waals surface area contributed by atoms with Crippen LogP contribution in [0, 0.1) is 13.8 Å². The van der Waals surface area contributed by atoms with Gasteiger partial charge >= 0.3 is 0 Å². The Kier molecular flexibility index (Phi) is 4.76. The lowest BCUT2D eigenvalue weighted by molar-refractivity contribution is 0.101. The Bertz CT molecular complexity index is 920. The predicted octanol–water partition coefficient (Wildman–Crippen LogP) is 4.40. The normalized spacial score (nSPS) is 10.6. The highest BCUT2D eigenvalue weighted by Gasteiger charge is 2.17. The van der Waals surface area contributed by atoms with E-state index in [0.29, 0.717) is 22.2 Å². The Labute approximate surface area is 151 Å². The van der Waals surface area contributed by atoms with Crippen LogP contribution in [0.4, 0.5) is 5.69 Å². The van der Waals surface area contributed by atoms with Crippen LogP contribution in [0.15, 0.2) is 48.5 Å². The van der Waals surface area contributed by atoms with Gasteiger partial charge in [0.1, 0.15) is 11.4 Å². The third kappa shape index (κ3) is 3.51. The SMILES string of the molecule is COc1cc(Cl)c(C)cc1NC(=O)c1cc(C)nn1-c1ccccc1. The van der Waals surface area contributed by atoms with Crippen molar-refractivity contribution in [3.05, 3.63) is 70.5 Å². The number of aryl methyl sites for hydroxylation is 2. The molecule has 1 aromatic heterocycles. The highest BCUT2D eigenvalue weighted by Crippen LogP contribution is 2.31. The number of nitrogens with one attached hydrogen (secondary N) is 1. The number of carbonyl (C=O) groups is 1. The van der Waals surface area contributed by atoms with Crippen LogP contribution in [0.5, 0.6) is 5.75 Å². The molecule has 0 unspecified atom stereocenters. The molecular formula is C19H18ClN3O2. The Morgan fingerprint density at radius 3 is 2.56 bits per heavy atom. The second kappa shape index (κ2) is 6.99. The summed E-state index contributed by atoms with van der Waals surface area (Å²) in [6.45, 7) is 3.72. The van der Waals surface area contributed by atoms with Crippen molar-refractivity contribution in [1.82, 2.24) is 9.78 Å². The summed E-state index contributed by atoms with van der Waals surface area (Å²) in [4.78, 5) is 12.8. The summed E-state index contributed by atoms with van der Waals surface area (Å²) in [5.74, 6) is 0.232. The lowest BCUT2D eigenvalue weighted by atomic mass is 10.2. The van der Waals surface area contributed by atoms with E-state index in [4.69, 9.17) is 16.3 Å². The zero-order valence-corrected chi connectivity index (χ0v) is 15.0. The number of rotatable bonds is 4. The molecule has 0 saturated carbocycles. The molecule has 0 atom stereocenters. The minimum absolute atomic E-state index is 0.274. The molecule has 0 bridgehead atoms. The average molecular weight is 356 g/mol. The fraction of sp³-hybridized carbons (Fsp3) is 0.158. The van der Waals surface area contributed by atoms with Crippen molar-refractivity contribution >= 4 is 23.2 Å². The first-order valence-corrected chi connectivity index (χ1v) is 8.15. The summed E-state index contributed by atoms with van der Waals surface area (Å²) in [5.41, 5.74) is 3.44. The van der Waals surface area contributed by atoms with Crippen LogP contribution in [-0.4, -0.2) is 22.8 Å². The number of hydrogen-bond acceptors (Lipinski definition) is 3. The molecule has 0 aliphatic heterocycles. The number of anilines is 1. The number of benzene rings is 2. The van der Waals surface area contributed by atoms with E-state index in [1.54, 1.807) is 22.9 Å². The molecule has 0 aliphatic rings. The molecule has 1 heterocycles. The van der Waals surface area contributed by atoms with Crippen LogP contribution in [-0.2, 0) is 0 Å². The van der Waals surface area contributed by atoms with Crippen LogP contribution in [0.1, 0.15) is 21.7 Å². The fourth-order valence-electron chi connectivity index (χ4n) is 2.54. The largest absolute Gasteiger partial charge is 0.495 e. The lowest BCUT2D eigenvalue weighted by Gasteiger charge is -2.13. The van der Waals surface area contributed by atoms with Gasteiger partial charge in [0.15, 0.2) is 0 Å². The monoisotopic (exact) mass is 355 g/mol. The van der Waals surface area contributed by atoms with Crippen LogP contribution in [0.25, 0.3) is 5.69 Å². The maximum atomic E-state index is 12.8. The van der Waals surface area contributed by atoms with Crippen LogP contribution in [0.3, 0.4) is 0 Å². The van der Waals surface area contributed by atoms with Crippen molar-refractivity contribution in [1.29, 1.82) is 0 Å². The van der Waals surface area contributed by atoms with E-state index in [0.717, 1.165) is 16.9 Å². The van der Waals surface area contributed by atoms with Gasteiger partial charge in [-0.3, -0.25) is 4.79 Å². The number of hydrogen-bond donors (Lipinski definition) is 1. The molecule has 2 aromatic carbocycles. The Balaban J connectivity index is 1.97. The van der Waals surface area contributed by atoms with Gasteiger partial charge in [0.05, 0.1) is 24.2 Å². The van der Waals surface area contributed by atoms with Crippen molar-refractivity contribution in [3.63, 3.8) is 0 Å². The number of halogens is 1. The van der Waals surface area contributed by atoms with Crippen molar-refractivity contribution in [2.24, 2.45) is 0 Å². The summed E-state index contributed by atoms with van der Waals surface area (Å²) in [6, 6.07) is 14.7. The predicted molar refractivity (Wildman–Crippen MR) is 99.0 cm³/mol. The molecule has 0 spiro atoms. The second-order valence-corrected chi connectivity index (χ2v) is 6.08. The van der Waals surface area contributed by atoms with Crippen molar-refractivity contribution in [2.75, 3.05) is 12.4 Å². The fourth-order valence-corrected chi connectivity index (χ4v) is 2.70. The van der Waals surface area contributed by atoms with Crippen LogP contribution >= 0.6 is 11.6 Å². The highest BCUT2D eigenvalue weighted by atomic mass is 35.5. The minimum atomic E-state index is -0.274. The first-order chi connectivity index (χ1) is 12.0. The summed E-state index contributed by atoms with van der Waals surface area (Å²) in [7, 11) is 1.54. The number of aromatic nitrogens is 2. The van der Waals surface area contributed by atoms with Gasteiger partial charge in [-0.2, -0.15) is 5.10 Å². The molecule has 3 rings (SSSR count). The van der Waals surface area contributed by atoms with E-state index >= 15 is 0 Å². The van der Waals surface area contributed by atoms with E-state index in [9.17, 15) is 4.79 Å². The quantitative estimate of drug-likeness (QED) is 0.754. The van der Waals surface area contributed by atoms with E-state index in [1.807, 2.05) is 44.2 Å². The molecule has 0 radical (unpaired) electrons. The summed E-state index contributed by atoms with van der Waals surface area (Å²) < 4.78 is 6.94. The first-order valence-electron chi connectivity index (χ1n) is 7.77. The number of para-hydroxylation sites is 1. The zero-order chi connectivity index (χ0) is 18.0. The molecule has 128 valence electrons. The van der Waals surface area contributed by atoms with E-state index < -0.39 is 0 Å². The Hall–Kier alpha value is -2.79. The zero-order valence-electron chi connectivity index (χ0n) is 14.2. The average Bonchev–Trinajstić information content (AvgIpc) is 3.00. The van der Waals surface area contributed by atoms with Gasteiger partial charge in [0.2, 0.25) is 0 Å². The van der Waals surface area contributed by atoms with Crippen LogP contribution in [0.2, 0.25) is 5.02 Å². The summed E-state index contributed by atoms with van der Waals surface area (Å²) in [6.07, 6.45) is 0. The van der Waals surface area contributed by atoms with Gasteiger partial charge < -0.3 is 10.1 Å². The molecule has 0 fully saturated rings. The van der Waals surface area contributed by atoms with Gasteiger partial charge in [-0.25, -0.2) is 4.68 Å². The molecule has 0 saturated heterocycles. The third-order valence-corrected chi connectivity index (χ3v) is 4.20. The third-order valence-electron chi connectivity index (χ3n) is 3.79. The second-order valence-electron chi connectivity index (χ2n) is 5.67. The van der Waals surface area contributed by atoms with Crippen LogP contribution < -0.4 is 10.1 Å². The van der Waals surface area contributed by atoms with Gasteiger partial charge in [0.25, 0.3) is 5.91 Å². The highest BCUT2D eigenvalue weighted by molar-refractivity contribution is 6.31. The van der Waals surface area contributed by atoms with E-state index in [-0.39, 0.29) is 5.91 Å². The number of ether oxygens (including phenoxy) is 1. The molecule has 3 aromatic rings. The number of amides is 1. The van der Waals surface area contributed by atoms with Gasteiger partial charge in [0, 0.05) is 11.1 Å². The summed E-state index contributed by atoms with van der Waals surface area (Å²) >= 11 is 6.12. The molecule has 5 nitrogen and oxygen atoms in total. The minimum Gasteiger partial charge on any atom is -0.495 e. The van der Waals surface area contributed by atoms with Crippen molar-refractivity contribution < 1.29 is 9.53 Å². The molecular weight excluding hydrogens is 338 g/mol. The molecule has 6 heteroatoms. The maximum Gasteiger partial charge on any atom is 0.274 e. The number of methoxy groups -OCH3 is 1. The molecule has 1 amide bonds.